The van der Waals surface area contributed by atoms with Gasteiger partial charge in [-0.2, -0.15) is 0 Å². The van der Waals surface area contributed by atoms with E-state index < -0.39 is 0 Å². The van der Waals surface area contributed by atoms with Gasteiger partial charge < -0.3 is 10.1 Å². The minimum absolute atomic E-state index is 0.127. The van der Waals surface area contributed by atoms with E-state index in [4.69, 9.17) is 28.6 Å². The number of ether oxygens (including phenoxy) is 1. The van der Waals surface area contributed by atoms with Crippen LogP contribution in [0, 0.1) is 6.92 Å². The molecule has 2 N–H and O–H groups in total. The molecule has 138 valence electrons. The normalized spacial score (nSPS) is 10.5. The maximum absolute atomic E-state index is 12.1. The van der Waals surface area contributed by atoms with Crippen molar-refractivity contribution in [3.8, 4) is 5.75 Å². The molecule has 2 rings (SSSR count). The molecule has 0 atom stereocenters. The molecule has 0 heterocycles. The molecule has 0 aromatic heterocycles. The van der Waals surface area contributed by atoms with E-state index in [1.807, 2.05) is 19.1 Å². The van der Waals surface area contributed by atoms with Gasteiger partial charge in [-0.05, 0) is 66.5 Å². The van der Waals surface area contributed by atoms with Crippen molar-refractivity contribution in [2.24, 2.45) is 0 Å². The second kappa shape index (κ2) is 9.35. The first-order chi connectivity index (χ1) is 12.3. The van der Waals surface area contributed by atoms with Crippen molar-refractivity contribution in [3.63, 3.8) is 0 Å². The Morgan fingerprint density at radius 2 is 2.04 bits per heavy atom. The average molecular weight is 456 g/mol. The van der Waals surface area contributed by atoms with Crippen molar-refractivity contribution in [2.75, 3.05) is 11.9 Å². The molecule has 0 saturated carbocycles. The lowest BCUT2D eigenvalue weighted by Crippen LogP contribution is -2.37. The molecule has 0 radical (unpaired) electrons. The summed E-state index contributed by atoms with van der Waals surface area (Å²) in [6, 6.07) is 11.0. The van der Waals surface area contributed by atoms with Crippen LogP contribution in [0.25, 0.3) is 0 Å². The Kier molecular flexibility index (Phi) is 7.43. The number of carbonyl (C=O) groups excluding carboxylic acids is 1. The standard InChI is InChI=1S/C19H20BrClN2O2S/c1-11(2)15-9-16(20)12(3)7-17(15)25-10-18(24)23-19(26)22-14-6-4-5-13(21)8-14/h4-9,11H,10H2,1-3H3,(H2,22,23,24,26). The summed E-state index contributed by atoms with van der Waals surface area (Å²) in [5.41, 5.74) is 2.78. The molecular weight excluding hydrogens is 436 g/mol. The average Bonchev–Trinajstić information content (AvgIpc) is 2.55. The Bertz CT molecular complexity index is 827. The number of amides is 1. The van der Waals surface area contributed by atoms with E-state index in [1.54, 1.807) is 24.3 Å². The smallest absolute Gasteiger partial charge is 0.264 e. The molecule has 0 bridgehead atoms. The van der Waals surface area contributed by atoms with Crippen LogP contribution in [-0.2, 0) is 4.79 Å². The molecule has 0 saturated heterocycles. The number of anilines is 1. The van der Waals surface area contributed by atoms with Gasteiger partial charge in [0.1, 0.15) is 5.75 Å². The minimum atomic E-state index is -0.334. The first-order valence-corrected chi connectivity index (χ1v) is 9.63. The predicted octanol–water partition coefficient (Wildman–Crippen LogP) is 5.43. The molecule has 0 aliphatic carbocycles. The molecule has 4 nitrogen and oxygen atoms in total. The highest BCUT2D eigenvalue weighted by Gasteiger charge is 2.13. The highest BCUT2D eigenvalue weighted by atomic mass is 79.9. The second-order valence-electron chi connectivity index (χ2n) is 6.10. The van der Waals surface area contributed by atoms with Gasteiger partial charge in [0.05, 0.1) is 0 Å². The molecule has 0 spiro atoms. The third-order valence-electron chi connectivity index (χ3n) is 3.61. The van der Waals surface area contributed by atoms with Crippen LogP contribution in [0.5, 0.6) is 5.75 Å². The van der Waals surface area contributed by atoms with E-state index in [2.05, 4.69) is 40.4 Å². The minimum Gasteiger partial charge on any atom is -0.483 e. The molecule has 2 aromatic carbocycles. The van der Waals surface area contributed by atoms with Gasteiger partial charge in [0.2, 0.25) is 0 Å². The number of hydrogen-bond acceptors (Lipinski definition) is 3. The number of aryl methyl sites for hydroxylation is 1. The summed E-state index contributed by atoms with van der Waals surface area (Å²) in [4.78, 5) is 12.1. The van der Waals surface area contributed by atoms with Crippen molar-refractivity contribution >= 4 is 56.5 Å². The van der Waals surface area contributed by atoms with E-state index in [0.29, 0.717) is 16.5 Å². The lowest BCUT2D eigenvalue weighted by Gasteiger charge is -2.16. The Hall–Kier alpha value is -1.63. The third kappa shape index (κ3) is 5.97. The summed E-state index contributed by atoms with van der Waals surface area (Å²) in [5, 5.41) is 6.28. The molecule has 26 heavy (non-hydrogen) atoms. The monoisotopic (exact) mass is 454 g/mol. The van der Waals surface area contributed by atoms with Crippen molar-refractivity contribution in [1.82, 2.24) is 5.32 Å². The van der Waals surface area contributed by atoms with E-state index in [-0.39, 0.29) is 23.5 Å². The zero-order valence-electron chi connectivity index (χ0n) is 14.7. The maximum Gasteiger partial charge on any atom is 0.264 e. The molecular formula is C19H20BrClN2O2S. The molecule has 1 amide bonds. The van der Waals surface area contributed by atoms with Crippen LogP contribution >= 0.6 is 39.7 Å². The Labute approximate surface area is 172 Å². The van der Waals surface area contributed by atoms with Crippen LogP contribution in [0.2, 0.25) is 5.02 Å². The molecule has 0 aliphatic rings. The highest BCUT2D eigenvalue weighted by Crippen LogP contribution is 2.32. The largest absolute Gasteiger partial charge is 0.483 e. The maximum atomic E-state index is 12.1. The summed E-state index contributed by atoms with van der Waals surface area (Å²) >= 11 is 14.6. The highest BCUT2D eigenvalue weighted by molar-refractivity contribution is 9.10. The topological polar surface area (TPSA) is 50.4 Å². The van der Waals surface area contributed by atoms with Crippen LogP contribution in [0.4, 0.5) is 5.69 Å². The van der Waals surface area contributed by atoms with Gasteiger partial charge in [-0.15, -0.1) is 0 Å². The molecule has 0 aliphatic heterocycles. The van der Waals surface area contributed by atoms with E-state index in [9.17, 15) is 4.79 Å². The number of halogens is 2. The Balaban J connectivity index is 1.94. The van der Waals surface area contributed by atoms with Crippen LogP contribution in [0.3, 0.4) is 0 Å². The fourth-order valence-electron chi connectivity index (χ4n) is 2.28. The molecule has 0 fully saturated rings. The van der Waals surface area contributed by atoms with Crippen LogP contribution in [0.1, 0.15) is 30.9 Å². The molecule has 7 heteroatoms. The van der Waals surface area contributed by atoms with Crippen molar-refractivity contribution in [2.45, 2.75) is 26.7 Å². The SMILES string of the molecule is Cc1cc(OCC(=O)NC(=S)Nc2cccc(Cl)c2)c(C(C)C)cc1Br. The van der Waals surface area contributed by atoms with Crippen molar-refractivity contribution in [3.05, 3.63) is 57.0 Å². The second-order valence-corrected chi connectivity index (χ2v) is 7.79. The Morgan fingerprint density at radius 3 is 2.69 bits per heavy atom. The van der Waals surface area contributed by atoms with Gasteiger partial charge >= 0.3 is 0 Å². The lowest BCUT2D eigenvalue weighted by atomic mass is 10.0. The number of rotatable bonds is 5. The fraction of sp³-hybridized carbons (Fsp3) is 0.263. The summed E-state index contributed by atoms with van der Waals surface area (Å²) in [7, 11) is 0. The van der Waals surface area contributed by atoms with Crippen LogP contribution < -0.4 is 15.4 Å². The summed E-state index contributed by atoms with van der Waals surface area (Å²) in [6.45, 7) is 6.01. The summed E-state index contributed by atoms with van der Waals surface area (Å²) < 4.78 is 6.74. The van der Waals surface area contributed by atoms with Crippen LogP contribution in [-0.4, -0.2) is 17.6 Å². The quantitative estimate of drug-likeness (QED) is 0.591. The number of thiocarbonyl (C=S) groups is 1. The third-order valence-corrected chi connectivity index (χ3v) is 4.90. The molecule has 2 aromatic rings. The predicted molar refractivity (Wildman–Crippen MR) is 114 cm³/mol. The first kappa shape index (κ1) is 20.7. The Morgan fingerprint density at radius 1 is 1.31 bits per heavy atom. The first-order valence-electron chi connectivity index (χ1n) is 8.05. The summed E-state index contributed by atoms with van der Waals surface area (Å²) in [5.74, 6) is 0.639. The fourth-order valence-corrected chi connectivity index (χ4v) is 3.06. The van der Waals surface area contributed by atoms with Crippen molar-refractivity contribution < 1.29 is 9.53 Å². The zero-order valence-corrected chi connectivity index (χ0v) is 17.9. The van der Waals surface area contributed by atoms with E-state index >= 15 is 0 Å². The van der Waals surface area contributed by atoms with Crippen molar-refractivity contribution in [1.29, 1.82) is 0 Å². The zero-order chi connectivity index (χ0) is 19.3. The van der Waals surface area contributed by atoms with Gasteiger partial charge in [-0.3, -0.25) is 10.1 Å². The van der Waals surface area contributed by atoms with Gasteiger partial charge in [-0.25, -0.2) is 0 Å². The lowest BCUT2D eigenvalue weighted by molar-refractivity contribution is -0.121. The van der Waals surface area contributed by atoms with Crippen LogP contribution in [0.15, 0.2) is 40.9 Å². The number of benzene rings is 2. The summed E-state index contributed by atoms with van der Waals surface area (Å²) in [6.07, 6.45) is 0. The van der Waals surface area contributed by atoms with E-state index in [1.165, 1.54) is 0 Å². The van der Waals surface area contributed by atoms with Gasteiger partial charge in [0, 0.05) is 15.2 Å². The van der Waals surface area contributed by atoms with Gasteiger partial charge in [-0.1, -0.05) is 47.4 Å². The van der Waals surface area contributed by atoms with Gasteiger partial charge in [0.25, 0.3) is 5.91 Å². The van der Waals surface area contributed by atoms with E-state index in [0.717, 1.165) is 15.6 Å². The number of carbonyl (C=O) groups is 1. The number of hydrogen-bond donors (Lipinski definition) is 2. The molecule has 0 unspecified atom stereocenters. The van der Waals surface area contributed by atoms with Gasteiger partial charge in [0.15, 0.2) is 11.7 Å². The number of nitrogens with one attached hydrogen (secondary N) is 2.